The van der Waals surface area contributed by atoms with Gasteiger partial charge in [-0.3, -0.25) is 0 Å². The summed E-state index contributed by atoms with van der Waals surface area (Å²) in [5.74, 6) is 0. The van der Waals surface area contributed by atoms with Crippen LogP contribution in [-0.2, 0) is 24.5 Å². The zero-order valence-corrected chi connectivity index (χ0v) is 11.6. The van der Waals surface area contributed by atoms with E-state index < -0.39 is 0 Å². The molecular formula is C18H19NO. The van der Waals surface area contributed by atoms with Crippen LogP contribution in [0.5, 0.6) is 0 Å². The van der Waals surface area contributed by atoms with Crippen LogP contribution >= 0.6 is 0 Å². The monoisotopic (exact) mass is 265 g/mol. The Balaban J connectivity index is 1.52. The van der Waals surface area contributed by atoms with E-state index in [9.17, 15) is 0 Å². The lowest BCUT2D eigenvalue weighted by Gasteiger charge is -2.07. The van der Waals surface area contributed by atoms with Crippen molar-refractivity contribution in [2.45, 2.75) is 38.6 Å². The first-order valence-electron chi connectivity index (χ1n) is 7.41. The van der Waals surface area contributed by atoms with Gasteiger partial charge in [-0.25, -0.2) is 0 Å². The summed E-state index contributed by atoms with van der Waals surface area (Å²) in [5.41, 5.74) is 6.61. The summed E-state index contributed by atoms with van der Waals surface area (Å²) in [5, 5.41) is 3.55. The summed E-state index contributed by atoms with van der Waals surface area (Å²) < 4.78 is 5.48. The van der Waals surface area contributed by atoms with E-state index in [4.69, 9.17) is 4.74 Å². The lowest BCUT2D eigenvalue weighted by atomic mass is 9.99. The normalized spacial score (nSPS) is 17.2. The van der Waals surface area contributed by atoms with Crippen LogP contribution in [0.15, 0.2) is 42.5 Å². The number of hydrogen-bond donors (Lipinski definition) is 1. The Bertz CT molecular complexity index is 614. The van der Waals surface area contributed by atoms with Crippen molar-refractivity contribution in [3.63, 3.8) is 0 Å². The molecule has 2 aromatic rings. The first kappa shape index (κ1) is 12.1. The molecular weight excluding hydrogens is 246 g/mol. The molecule has 1 aliphatic carbocycles. The van der Waals surface area contributed by atoms with E-state index in [2.05, 4.69) is 47.8 Å². The second-order valence-corrected chi connectivity index (χ2v) is 5.83. The van der Waals surface area contributed by atoms with Crippen molar-refractivity contribution < 1.29 is 4.74 Å². The number of fused-ring (bicyclic) bond motifs is 1. The average Bonchev–Trinajstić information content (AvgIpc) is 3.21. The maximum Gasteiger partial charge on any atom is 0.0725 e. The number of hydrogen-bond acceptors (Lipinski definition) is 2. The van der Waals surface area contributed by atoms with Crippen molar-refractivity contribution in [2.75, 3.05) is 0 Å². The van der Waals surface area contributed by atoms with Gasteiger partial charge in [-0.2, -0.15) is 0 Å². The number of ether oxygens (including phenoxy) is 1. The third-order valence-electron chi connectivity index (χ3n) is 4.18. The smallest absolute Gasteiger partial charge is 0.0725 e. The molecule has 1 aliphatic heterocycles. The van der Waals surface area contributed by atoms with Crippen molar-refractivity contribution in [3.8, 4) is 11.1 Å². The number of rotatable bonds is 4. The Labute approximate surface area is 119 Å². The van der Waals surface area contributed by atoms with E-state index in [0.717, 1.165) is 25.8 Å². The molecule has 0 amide bonds. The minimum atomic E-state index is 0.757. The van der Waals surface area contributed by atoms with Gasteiger partial charge in [0.05, 0.1) is 13.2 Å². The van der Waals surface area contributed by atoms with Crippen LogP contribution in [-0.4, -0.2) is 6.04 Å². The molecule has 102 valence electrons. The van der Waals surface area contributed by atoms with Gasteiger partial charge in [0, 0.05) is 12.6 Å². The number of benzene rings is 2. The van der Waals surface area contributed by atoms with Crippen LogP contribution in [0.3, 0.4) is 0 Å². The van der Waals surface area contributed by atoms with Crippen LogP contribution in [0.1, 0.15) is 29.5 Å². The molecule has 2 aromatic carbocycles. The molecule has 0 aromatic heterocycles. The van der Waals surface area contributed by atoms with Gasteiger partial charge < -0.3 is 10.1 Å². The van der Waals surface area contributed by atoms with E-state index in [-0.39, 0.29) is 0 Å². The highest BCUT2D eigenvalue weighted by Gasteiger charge is 2.19. The predicted molar refractivity (Wildman–Crippen MR) is 80.2 cm³/mol. The zero-order valence-electron chi connectivity index (χ0n) is 11.6. The van der Waals surface area contributed by atoms with Crippen LogP contribution < -0.4 is 5.32 Å². The molecule has 1 saturated carbocycles. The van der Waals surface area contributed by atoms with Gasteiger partial charge in [0.15, 0.2) is 0 Å². The van der Waals surface area contributed by atoms with Gasteiger partial charge in [-0.15, -0.1) is 0 Å². The summed E-state index contributed by atoms with van der Waals surface area (Å²) in [4.78, 5) is 0. The first-order valence-corrected chi connectivity index (χ1v) is 7.41. The van der Waals surface area contributed by atoms with Gasteiger partial charge in [0.25, 0.3) is 0 Å². The van der Waals surface area contributed by atoms with E-state index >= 15 is 0 Å². The lowest BCUT2D eigenvalue weighted by molar-refractivity contribution is 0.134. The second-order valence-electron chi connectivity index (χ2n) is 5.83. The van der Waals surface area contributed by atoms with Crippen molar-refractivity contribution >= 4 is 0 Å². The standard InChI is InChI=1S/C18H19NO/c1-3-14(4-2-13(1)10-19-18-7-8-18)15-5-6-16-11-20-12-17(16)9-15/h1-6,9,18-19H,7-8,10-12H2. The largest absolute Gasteiger partial charge is 0.372 e. The predicted octanol–water partition coefficient (Wildman–Crippen LogP) is 3.64. The molecule has 1 heterocycles. The minimum Gasteiger partial charge on any atom is -0.372 e. The lowest BCUT2D eigenvalue weighted by Crippen LogP contribution is -2.14. The van der Waals surface area contributed by atoms with Crippen molar-refractivity contribution in [1.82, 2.24) is 5.32 Å². The molecule has 0 saturated heterocycles. The fraction of sp³-hybridized carbons (Fsp3) is 0.333. The van der Waals surface area contributed by atoms with Crippen LogP contribution in [0.2, 0.25) is 0 Å². The molecule has 0 unspecified atom stereocenters. The summed E-state index contributed by atoms with van der Waals surface area (Å²) in [6, 6.07) is 16.3. The topological polar surface area (TPSA) is 21.3 Å². The van der Waals surface area contributed by atoms with E-state index in [1.165, 1.54) is 40.7 Å². The molecule has 0 bridgehead atoms. The zero-order chi connectivity index (χ0) is 13.4. The second kappa shape index (κ2) is 5.04. The van der Waals surface area contributed by atoms with Crippen molar-refractivity contribution in [2.24, 2.45) is 0 Å². The van der Waals surface area contributed by atoms with Crippen LogP contribution in [0.4, 0.5) is 0 Å². The highest BCUT2D eigenvalue weighted by Crippen LogP contribution is 2.27. The molecule has 0 radical (unpaired) electrons. The van der Waals surface area contributed by atoms with E-state index in [0.29, 0.717) is 0 Å². The summed E-state index contributed by atoms with van der Waals surface area (Å²) in [7, 11) is 0. The fourth-order valence-corrected chi connectivity index (χ4v) is 2.72. The third kappa shape index (κ3) is 2.49. The van der Waals surface area contributed by atoms with Gasteiger partial charge in [0.2, 0.25) is 0 Å². The highest BCUT2D eigenvalue weighted by molar-refractivity contribution is 5.65. The third-order valence-corrected chi connectivity index (χ3v) is 4.18. The Morgan fingerprint density at radius 2 is 1.65 bits per heavy atom. The van der Waals surface area contributed by atoms with Gasteiger partial charge in [-0.1, -0.05) is 36.4 Å². The number of nitrogens with one attached hydrogen (secondary N) is 1. The van der Waals surface area contributed by atoms with Crippen LogP contribution in [0, 0.1) is 0 Å². The molecule has 1 N–H and O–H groups in total. The Morgan fingerprint density at radius 3 is 2.45 bits per heavy atom. The van der Waals surface area contributed by atoms with Gasteiger partial charge >= 0.3 is 0 Å². The molecule has 2 nitrogen and oxygen atoms in total. The Morgan fingerprint density at radius 1 is 0.900 bits per heavy atom. The first-order chi connectivity index (χ1) is 9.88. The van der Waals surface area contributed by atoms with Crippen molar-refractivity contribution in [1.29, 1.82) is 0 Å². The average molecular weight is 265 g/mol. The van der Waals surface area contributed by atoms with Gasteiger partial charge in [-0.05, 0) is 46.7 Å². The van der Waals surface area contributed by atoms with E-state index in [1.807, 2.05) is 0 Å². The molecule has 0 spiro atoms. The Hall–Kier alpha value is -1.64. The molecule has 2 aliphatic rings. The summed E-state index contributed by atoms with van der Waals surface area (Å²) in [6.07, 6.45) is 2.69. The Kier molecular flexibility index (Phi) is 3.06. The summed E-state index contributed by atoms with van der Waals surface area (Å²) >= 11 is 0. The maximum absolute atomic E-state index is 5.48. The molecule has 20 heavy (non-hydrogen) atoms. The highest BCUT2D eigenvalue weighted by atomic mass is 16.5. The van der Waals surface area contributed by atoms with Crippen molar-refractivity contribution in [3.05, 3.63) is 59.2 Å². The molecule has 1 fully saturated rings. The minimum absolute atomic E-state index is 0.757. The fourth-order valence-electron chi connectivity index (χ4n) is 2.72. The molecule has 2 heteroatoms. The quantitative estimate of drug-likeness (QED) is 0.911. The molecule has 4 rings (SSSR count). The summed E-state index contributed by atoms with van der Waals surface area (Å²) in [6.45, 7) is 2.51. The van der Waals surface area contributed by atoms with Gasteiger partial charge in [0.1, 0.15) is 0 Å². The molecule has 0 atom stereocenters. The SMILES string of the molecule is c1cc(-c2ccc3c(c2)COC3)ccc1CNC1CC1. The maximum atomic E-state index is 5.48. The van der Waals surface area contributed by atoms with Crippen LogP contribution in [0.25, 0.3) is 11.1 Å². The van der Waals surface area contributed by atoms with E-state index in [1.54, 1.807) is 0 Å².